The Kier molecular flexibility index (Phi) is 2.95. The van der Waals surface area contributed by atoms with Crippen molar-refractivity contribution in [3.8, 4) is 17.0 Å². The quantitative estimate of drug-likeness (QED) is 0.856. The molecule has 0 unspecified atom stereocenters. The van der Waals surface area contributed by atoms with Crippen LogP contribution in [0.3, 0.4) is 0 Å². The summed E-state index contributed by atoms with van der Waals surface area (Å²) in [4.78, 5) is 0. The predicted molar refractivity (Wildman–Crippen MR) is 64.4 cm³/mol. The van der Waals surface area contributed by atoms with Gasteiger partial charge in [-0.15, -0.1) is 0 Å². The fraction of sp³-hybridized carbons (Fsp3) is 0.308. The van der Waals surface area contributed by atoms with Crippen molar-refractivity contribution in [1.29, 1.82) is 0 Å². The van der Waals surface area contributed by atoms with Gasteiger partial charge in [0.1, 0.15) is 5.69 Å². The van der Waals surface area contributed by atoms with Gasteiger partial charge in [-0.05, 0) is 13.3 Å². The van der Waals surface area contributed by atoms with Crippen molar-refractivity contribution in [3.05, 3.63) is 36.0 Å². The van der Waals surface area contributed by atoms with Gasteiger partial charge in [0.15, 0.2) is 5.75 Å². The number of aromatic nitrogens is 2. The van der Waals surface area contributed by atoms with E-state index in [0.29, 0.717) is 11.4 Å². The first-order valence-corrected chi connectivity index (χ1v) is 5.55. The van der Waals surface area contributed by atoms with Crippen molar-refractivity contribution in [3.63, 3.8) is 0 Å². The molecule has 0 bridgehead atoms. The third-order valence-electron chi connectivity index (χ3n) is 2.66. The zero-order valence-corrected chi connectivity index (χ0v) is 9.64. The minimum Gasteiger partial charge on any atom is -0.504 e. The summed E-state index contributed by atoms with van der Waals surface area (Å²) >= 11 is 0. The molecule has 0 aliphatic carbocycles. The Hall–Kier alpha value is -1.77. The number of hydrogen-bond donors (Lipinski definition) is 1. The summed E-state index contributed by atoms with van der Waals surface area (Å²) in [7, 11) is 0. The summed E-state index contributed by atoms with van der Waals surface area (Å²) < 4.78 is 1.86. The number of rotatable bonds is 3. The molecule has 0 spiro atoms. The first-order chi connectivity index (χ1) is 7.74. The lowest BCUT2D eigenvalue weighted by molar-refractivity contribution is 0.468. The molecule has 0 atom stereocenters. The van der Waals surface area contributed by atoms with Gasteiger partial charge in [0.25, 0.3) is 0 Å². The second-order valence-corrected chi connectivity index (χ2v) is 3.87. The van der Waals surface area contributed by atoms with Crippen LogP contribution in [0.1, 0.15) is 19.0 Å². The van der Waals surface area contributed by atoms with E-state index in [-0.39, 0.29) is 0 Å². The summed E-state index contributed by atoms with van der Waals surface area (Å²) in [5, 5.41) is 14.5. The van der Waals surface area contributed by atoms with Gasteiger partial charge in [-0.2, -0.15) is 5.10 Å². The highest BCUT2D eigenvalue weighted by Gasteiger charge is 2.14. The second kappa shape index (κ2) is 4.39. The molecule has 2 aromatic rings. The number of benzene rings is 1. The Labute approximate surface area is 95.3 Å². The number of aryl methyl sites for hydroxylation is 1. The van der Waals surface area contributed by atoms with Crippen LogP contribution < -0.4 is 0 Å². The maximum atomic E-state index is 10.0. The third kappa shape index (κ3) is 1.81. The summed E-state index contributed by atoms with van der Waals surface area (Å²) in [6, 6.07) is 9.76. The lowest BCUT2D eigenvalue weighted by Gasteiger charge is -1.99. The molecular formula is C13H16N2O. The van der Waals surface area contributed by atoms with E-state index >= 15 is 0 Å². The van der Waals surface area contributed by atoms with E-state index in [1.165, 1.54) is 0 Å². The molecule has 0 aliphatic rings. The van der Waals surface area contributed by atoms with Crippen molar-refractivity contribution in [2.75, 3.05) is 0 Å². The van der Waals surface area contributed by atoms with Gasteiger partial charge in [-0.25, -0.2) is 0 Å². The molecule has 0 fully saturated rings. The van der Waals surface area contributed by atoms with Crippen LogP contribution in [-0.2, 0) is 6.54 Å². The SMILES string of the molecule is CCCn1nc(-c2ccccc2)c(O)c1C. The fourth-order valence-electron chi connectivity index (χ4n) is 1.76. The molecule has 1 aromatic carbocycles. The molecule has 0 saturated heterocycles. The van der Waals surface area contributed by atoms with Crippen LogP contribution in [0.5, 0.6) is 5.75 Å². The van der Waals surface area contributed by atoms with Crippen LogP contribution in [-0.4, -0.2) is 14.9 Å². The molecular weight excluding hydrogens is 200 g/mol. The van der Waals surface area contributed by atoms with Gasteiger partial charge in [0.05, 0.1) is 5.69 Å². The Morgan fingerprint density at radius 3 is 2.56 bits per heavy atom. The van der Waals surface area contributed by atoms with E-state index in [1.807, 2.05) is 41.9 Å². The zero-order chi connectivity index (χ0) is 11.5. The van der Waals surface area contributed by atoms with Gasteiger partial charge in [0.2, 0.25) is 0 Å². The van der Waals surface area contributed by atoms with Gasteiger partial charge >= 0.3 is 0 Å². The molecule has 0 radical (unpaired) electrons. The molecule has 3 nitrogen and oxygen atoms in total. The topological polar surface area (TPSA) is 38.0 Å². The Balaban J connectivity index is 2.46. The average molecular weight is 216 g/mol. The van der Waals surface area contributed by atoms with Crippen molar-refractivity contribution >= 4 is 0 Å². The highest BCUT2D eigenvalue weighted by Crippen LogP contribution is 2.30. The molecule has 1 heterocycles. The van der Waals surface area contributed by atoms with Crippen molar-refractivity contribution in [2.45, 2.75) is 26.8 Å². The van der Waals surface area contributed by atoms with Crippen LogP contribution in [0.2, 0.25) is 0 Å². The maximum absolute atomic E-state index is 10.0. The minimum atomic E-state index is 0.291. The molecule has 0 aliphatic heterocycles. The number of hydrogen-bond acceptors (Lipinski definition) is 2. The van der Waals surface area contributed by atoms with Crippen LogP contribution in [0.25, 0.3) is 11.3 Å². The molecule has 1 N–H and O–H groups in total. The van der Waals surface area contributed by atoms with Gasteiger partial charge in [-0.1, -0.05) is 37.3 Å². The highest BCUT2D eigenvalue weighted by molar-refractivity contribution is 5.66. The van der Waals surface area contributed by atoms with E-state index in [1.54, 1.807) is 0 Å². The Morgan fingerprint density at radius 1 is 1.25 bits per heavy atom. The second-order valence-electron chi connectivity index (χ2n) is 3.87. The molecule has 2 rings (SSSR count). The lowest BCUT2D eigenvalue weighted by Crippen LogP contribution is -2.00. The van der Waals surface area contributed by atoms with E-state index in [4.69, 9.17) is 0 Å². The van der Waals surface area contributed by atoms with Crippen LogP contribution in [0.4, 0.5) is 0 Å². The normalized spacial score (nSPS) is 10.6. The van der Waals surface area contributed by atoms with E-state index in [9.17, 15) is 5.11 Å². The Morgan fingerprint density at radius 2 is 1.94 bits per heavy atom. The van der Waals surface area contributed by atoms with Crippen molar-refractivity contribution in [1.82, 2.24) is 9.78 Å². The molecule has 3 heteroatoms. The van der Waals surface area contributed by atoms with E-state index in [2.05, 4.69) is 12.0 Å². The molecule has 84 valence electrons. The Bertz CT molecular complexity index is 474. The maximum Gasteiger partial charge on any atom is 0.164 e. The summed E-state index contributed by atoms with van der Waals surface area (Å²) in [6.07, 6.45) is 1.01. The van der Waals surface area contributed by atoms with Crippen LogP contribution >= 0.6 is 0 Å². The molecule has 1 aromatic heterocycles. The van der Waals surface area contributed by atoms with Crippen molar-refractivity contribution in [2.24, 2.45) is 0 Å². The number of aromatic hydroxyl groups is 1. The highest BCUT2D eigenvalue weighted by atomic mass is 16.3. The molecule has 16 heavy (non-hydrogen) atoms. The standard InChI is InChI=1S/C13H16N2O/c1-3-9-15-10(2)13(16)12(14-15)11-7-5-4-6-8-11/h4-8,16H,3,9H2,1-2H3. The van der Waals surface area contributed by atoms with Crippen LogP contribution in [0.15, 0.2) is 30.3 Å². The summed E-state index contributed by atoms with van der Waals surface area (Å²) in [6.45, 7) is 4.83. The summed E-state index contributed by atoms with van der Waals surface area (Å²) in [5.74, 6) is 0.291. The molecule has 0 saturated carbocycles. The fourth-order valence-corrected chi connectivity index (χ4v) is 1.76. The zero-order valence-electron chi connectivity index (χ0n) is 9.64. The van der Waals surface area contributed by atoms with E-state index in [0.717, 1.165) is 24.2 Å². The smallest absolute Gasteiger partial charge is 0.164 e. The largest absolute Gasteiger partial charge is 0.504 e. The lowest BCUT2D eigenvalue weighted by atomic mass is 10.1. The summed E-state index contributed by atoms with van der Waals surface area (Å²) in [5.41, 5.74) is 2.46. The first-order valence-electron chi connectivity index (χ1n) is 5.55. The minimum absolute atomic E-state index is 0.291. The average Bonchev–Trinajstić information content (AvgIpc) is 2.59. The van der Waals surface area contributed by atoms with Crippen molar-refractivity contribution < 1.29 is 5.11 Å². The third-order valence-corrected chi connectivity index (χ3v) is 2.66. The first kappa shape index (κ1) is 10.7. The van der Waals surface area contributed by atoms with Crippen LogP contribution in [0, 0.1) is 6.92 Å². The van der Waals surface area contributed by atoms with Gasteiger partial charge in [0, 0.05) is 12.1 Å². The monoisotopic (exact) mass is 216 g/mol. The van der Waals surface area contributed by atoms with E-state index < -0.39 is 0 Å². The predicted octanol–water partition coefficient (Wildman–Crippen LogP) is 2.97. The van der Waals surface area contributed by atoms with Gasteiger partial charge < -0.3 is 5.11 Å². The van der Waals surface area contributed by atoms with Gasteiger partial charge in [-0.3, -0.25) is 4.68 Å². The number of nitrogens with zero attached hydrogens (tertiary/aromatic N) is 2. The molecule has 0 amide bonds.